The first-order chi connectivity index (χ1) is 13.4. The van der Waals surface area contributed by atoms with Gasteiger partial charge in [0.2, 0.25) is 0 Å². The second-order valence-electron chi connectivity index (χ2n) is 5.81. The maximum absolute atomic E-state index is 12.5. The Kier molecular flexibility index (Phi) is 5.78. The molecule has 0 aliphatic heterocycles. The number of anilines is 1. The first-order valence-corrected chi connectivity index (χ1v) is 8.29. The quantitative estimate of drug-likeness (QED) is 0.631. The highest BCUT2D eigenvalue weighted by Crippen LogP contribution is 2.29. The molecule has 8 heteroatoms. The summed E-state index contributed by atoms with van der Waals surface area (Å²) >= 11 is 0. The molecule has 1 aromatic heterocycles. The van der Waals surface area contributed by atoms with Crippen molar-refractivity contribution in [2.75, 3.05) is 5.32 Å². The molecule has 0 spiro atoms. The Bertz CT molecular complexity index is 912. The van der Waals surface area contributed by atoms with E-state index in [1.807, 2.05) is 0 Å². The molecule has 1 heterocycles. The molecule has 0 bridgehead atoms. The van der Waals surface area contributed by atoms with Crippen LogP contribution in [-0.2, 0) is 12.7 Å². The van der Waals surface area contributed by atoms with Crippen LogP contribution in [-0.4, -0.2) is 11.0 Å². The summed E-state index contributed by atoms with van der Waals surface area (Å²) in [6.07, 6.45) is -1.15. The molecule has 2 aromatic carbocycles. The second-order valence-corrected chi connectivity index (χ2v) is 5.81. The topological polar surface area (TPSA) is 63.2 Å². The average molecular weight is 387 g/mol. The molecule has 2 N–H and O–H groups in total. The molecular weight excluding hydrogens is 371 g/mol. The number of pyridine rings is 1. The number of hydrogen-bond donors (Lipinski definition) is 2. The molecule has 3 rings (SSSR count). The summed E-state index contributed by atoms with van der Waals surface area (Å²) in [6, 6.07) is 14.3. The summed E-state index contributed by atoms with van der Waals surface area (Å²) in [5.41, 5.74) is 0.337. The number of benzene rings is 2. The van der Waals surface area contributed by atoms with Crippen molar-refractivity contribution in [2.24, 2.45) is 0 Å². The van der Waals surface area contributed by atoms with Crippen LogP contribution in [0.4, 0.5) is 23.7 Å². The second kappa shape index (κ2) is 8.43. The summed E-state index contributed by atoms with van der Waals surface area (Å²) in [7, 11) is 0. The van der Waals surface area contributed by atoms with Crippen LogP contribution < -0.4 is 15.4 Å². The number of aromatic nitrogens is 1. The summed E-state index contributed by atoms with van der Waals surface area (Å²) < 4.78 is 43.2. The van der Waals surface area contributed by atoms with E-state index in [4.69, 9.17) is 4.74 Å². The minimum Gasteiger partial charge on any atom is -0.457 e. The van der Waals surface area contributed by atoms with Crippen molar-refractivity contribution in [3.8, 4) is 11.5 Å². The average Bonchev–Trinajstić information content (AvgIpc) is 2.68. The number of amides is 2. The van der Waals surface area contributed by atoms with Gasteiger partial charge in [0, 0.05) is 24.6 Å². The zero-order valence-corrected chi connectivity index (χ0v) is 14.5. The van der Waals surface area contributed by atoms with Gasteiger partial charge in [0.1, 0.15) is 11.5 Å². The van der Waals surface area contributed by atoms with Crippen LogP contribution in [0, 0.1) is 0 Å². The van der Waals surface area contributed by atoms with Gasteiger partial charge in [0.15, 0.2) is 0 Å². The van der Waals surface area contributed by atoms with Gasteiger partial charge in [0.05, 0.1) is 5.56 Å². The lowest BCUT2D eigenvalue weighted by molar-refractivity contribution is -0.137. The highest BCUT2D eigenvalue weighted by Gasteiger charge is 2.29. The van der Waals surface area contributed by atoms with Gasteiger partial charge in [-0.05, 0) is 54.1 Å². The Morgan fingerprint density at radius 1 is 0.893 bits per heavy atom. The van der Waals surface area contributed by atoms with E-state index >= 15 is 0 Å². The van der Waals surface area contributed by atoms with Crippen molar-refractivity contribution >= 4 is 11.7 Å². The van der Waals surface area contributed by atoms with Crippen LogP contribution in [0.2, 0.25) is 0 Å². The van der Waals surface area contributed by atoms with E-state index in [1.54, 1.807) is 48.8 Å². The normalized spacial score (nSPS) is 11.0. The number of urea groups is 1. The Morgan fingerprint density at radius 2 is 1.50 bits per heavy atom. The summed E-state index contributed by atoms with van der Waals surface area (Å²) in [5, 5.41) is 5.13. The molecule has 3 aromatic rings. The minimum absolute atomic E-state index is 0.252. The molecule has 144 valence electrons. The van der Waals surface area contributed by atoms with E-state index < -0.39 is 17.8 Å². The molecule has 0 fully saturated rings. The van der Waals surface area contributed by atoms with Crippen molar-refractivity contribution in [2.45, 2.75) is 12.7 Å². The lowest BCUT2D eigenvalue weighted by Gasteiger charge is -2.10. The smallest absolute Gasteiger partial charge is 0.416 e. The van der Waals surface area contributed by atoms with Crippen LogP contribution in [0.3, 0.4) is 0 Å². The first-order valence-electron chi connectivity index (χ1n) is 8.29. The molecule has 0 saturated heterocycles. The number of nitrogens with one attached hydrogen (secondary N) is 2. The van der Waals surface area contributed by atoms with Gasteiger partial charge in [-0.15, -0.1) is 0 Å². The highest BCUT2D eigenvalue weighted by molar-refractivity contribution is 5.89. The van der Waals surface area contributed by atoms with E-state index in [0.717, 1.165) is 17.7 Å². The van der Waals surface area contributed by atoms with Crippen molar-refractivity contribution < 1.29 is 22.7 Å². The molecule has 0 unspecified atom stereocenters. The number of nitrogens with zero attached hydrogens (tertiary/aromatic N) is 1. The van der Waals surface area contributed by atoms with E-state index in [-0.39, 0.29) is 12.2 Å². The number of alkyl halides is 3. The van der Waals surface area contributed by atoms with Gasteiger partial charge < -0.3 is 15.4 Å². The van der Waals surface area contributed by atoms with Gasteiger partial charge >= 0.3 is 12.2 Å². The zero-order chi connectivity index (χ0) is 20.0. The fraction of sp³-hybridized carbons (Fsp3) is 0.100. The van der Waals surface area contributed by atoms with E-state index in [2.05, 4.69) is 15.6 Å². The van der Waals surface area contributed by atoms with Crippen LogP contribution >= 0.6 is 0 Å². The van der Waals surface area contributed by atoms with E-state index in [1.165, 1.54) is 12.1 Å². The Hall–Kier alpha value is -3.55. The summed E-state index contributed by atoms with van der Waals surface area (Å²) in [5.74, 6) is 1.31. The van der Waals surface area contributed by atoms with Gasteiger partial charge in [-0.3, -0.25) is 4.98 Å². The van der Waals surface area contributed by atoms with E-state index in [0.29, 0.717) is 11.5 Å². The third kappa shape index (κ3) is 5.47. The maximum Gasteiger partial charge on any atom is 0.416 e. The number of ether oxygens (including phenoxy) is 1. The SMILES string of the molecule is O=C(NCc1ccc(Oc2ccncc2)cc1)Nc1ccc(C(F)(F)F)cc1. The number of rotatable bonds is 5. The Morgan fingerprint density at radius 3 is 2.11 bits per heavy atom. The van der Waals surface area contributed by atoms with Crippen LogP contribution in [0.5, 0.6) is 11.5 Å². The van der Waals surface area contributed by atoms with Gasteiger partial charge in [0.25, 0.3) is 0 Å². The molecule has 0 atom stereocenters. The lowest BCUT2D eigenvalue weighted by Crippen LogP contribution is -2.28. The van der Waals surface area contributed by atoms with Gasteiger partial charge in [-0.25, -0.2) is 4.79 Å². The number of halogens is 3. The lowest BCUT2D eigenvalue weighted by atomic mass is 10.2. The first kappa shape index (κ1) is 19.2. The molecule has 28 heavy (non-hydrogen) atoms. The maximum atomic E-state index is 12.5. The van der Waals surface area contributed by atoms with Gasteiger partial charge in [-0.1, -0.05) is 12.1 Å². The molecule has 2 amide bonds. The standard InChI is InChI=1S/C20H16F3N3O2/c21-20(22,23)15-3-5-16(6-4-15)26-19(27)25-13-14-1-7-17(8-2-14)28-18-9-11-24-12-10-18/h1-12H,13H2,(H2,25,26,27). The van der Waals surface area contributed by atoms with Crippen molar-refractivity contribution in [1.82, 2.24) is 10.3 Å². The van der Waals surface area contributed by atoms with Crippen molar-refractivity contribution in [1.29, 1.82) is 0 Å². The number of hydrogen-bond acceptors (Lipinski definition) is 3. The molecule has 0 radical (unpaired) electrons. The molecule has 0 saturated carbocycles. The van der Waals surface area contributed by atoms with Crippen LogP contribution in [0.25, 0.3) is 0 Å². The predicted molar refractivity (Wildman–Crippen MR) is 98.1 cm³/mol. The van der Waals surface area contributed by atoms with Crippen LogP contribution in [0.15, 0.2) is 73.1 Å². The largest absolute Gasteiger partial charge is 0.457 e. The Balaban J connectivity index is 1.49. The molecule has 0 aliphatic carbocycles. The summed E-state index contributed by atoms with van der Waals surface area (Å²) in [4.78, 5) is 15.8. The van der Waals surface area contributed by atoms with Crippen LogP contribution in [0.1, 0.15) is 11.1 Å². The minimum atomic E-state index is -4.41. The summed E-state index contributed by atoms with van der Waals surface area (Å²) in [6.45, 7) is 0.252. The van der Waals surface area contributed by atoms with Gasteiger partial charge in [-0.2, -0.15) is 13.2 Å². The molecular formula is C20H16F3N3O2. The van der Waals surface area contributed by atoms with Crippen molar-refractivity contribution in [3.05, 3.63) is 84.2 Å². The number of carbonyl (C=O) groups is 1. The monoisotopic (exact) mass is 387 g/mol. The van der Waals surface area contributed by atoms with Crippen molar-refractivity contribution in [3.63, 3.8) is 0 Å². The highest BCUT2D eigenvalue weighted by atomic mass is 19.4. The third-order valence-corrected chi connectivity index (χ3v) is 3.73. The predicted octanol–water partition coefficient (Wildman–Crippen LogP) is 5.21. The molecule has 5 nitrogen and oxygen atoms in total. The fourth-order valence-corrected chi connectivity index (χ4v) is 2.32. The Labute approximate surface area is 159 Å². The fourth-order valence-electron chi connectivity index (χ4n) is 2.32. The van der Waals surface area contributed by atoms with E-state index in [9.17, 15) is 18.0 Å². The third-order valence-electron chi connectivity index (χ3n) is 3.73. The number of carbonyl (C=O) groups excluding carboxylic acids is 1. The molecule has 0 aliphatic rings. The zero-order valence-electron chi connectivity index (χ0n) is 14.5.